The minimum atomic E-state index is 0.488. The molecule has 5 heteroatoms. The summed E-state index contributed by atoms with van der Waals surface area (Å²) in [6.45, 7) is 1.97. The number of imidazole rings is 1. The number of oxazole rings is 1. The van der Waals surface area contributed by atoms with E-state index in [0.29, 0.717) is 12.1 Å². The summed E-state index contributed by atoms with van der Waals surface area (Å²) in [4.78, 5) is 12.5. The van der Waals surface area contributed by atoms with Crippen molar-refractivity contribution in [3.8, 4) is 11.1 Å². The van der Waals surface area contributed by atoms with Crippen LogP contribution in [-0.2, 0) is 0 Å². The first kappa shape index (κ1) is 15.4. The second kappa shape index (κ2) is 6.16. The Hall–Kier alpha value is -2.82. The molecule has 1 saturated carbocycles. The van der Waals surface area contributed by atoms with E-state index in [-0.39, 0.29) is 0 Å². The molecular formula is C21H22N4O. The lowest BCUT2D eigenvalue weighted by molar-refractivity contribution is 0.451. The molecule has 132 valence electrons. The Labute approximate surface area is 151 Å². The minimum Gasteiger partial charge on any atom is -0.424 e. The highest BCUT2D eigenvalue weighted by Crippen LogP contribution is 2.29. The lowest BCUT2D eigenvalue weighted by atomic mass is 9.96. The van der Waals surface area contributed by atoms with Gasteiger partial charge in [-0.25, -0.2) is 4.98 Å². The summed E-state index contributed by atoms with van der Waals surface area (Å²) >= 11 is 0. The number of aromatic amines is 1. The summed E-state index contributed by atoms with van der Waals surface area (Å²) in [5.74, 6) is 0.933. The Morgan fingerprint density at radius 2 is 1.73 bits per heavy atom. The van der Waals surface area contributed by atoms with Gasteiger partial charge in [0, 0.05) is 6.04 Å². The first-order valence-electron chi connectivity index (χ1n) is 9.38. The number of fused-ring (bicyclic) bond motifs is 2. The van der Waals surface area contributed by atoms with Crippen LogP contribution in [0.15, 0.2) is 40.8 Å². The zero-order chi connectivity index (χ0) is 17.5. The van der Waals surface area contributed by atoms with E-state index in [1.165, 1.54) is 32.1 Å². The van der Waals surface area contributed by atoms with Gasteiger partial charge in [-0.3, -0.25) is 0 Å². The van der Waals surface area contributed by atoms with E-state index in [9.17, 15) is 0 Å². The van der Waals surface area contributed by atoms with Crippen LogP contribution >= 0.6 is 0 Å². The van der Waals surface area contributed by atoms with Crippen LogP contribution in [0.5, 0.6) is 0 Å². The van der Waals surface area contributed by atoms with Crippen LogP contribution in [0.1, 0.15) is 37.9 Å². The molecule has 1 fully saturated rings. The van der Waals surface area contributed by atoms with E-state index >= 15 is 0 Å². The van der Waals surface area contributed by atoms with Crippen molar-refractivity contribution in [2.45, 2.75) is 45.1 Å². The van der Waals surface area contributed by atoms with Gasteiger partial charge in [0.25, 0.3) is 6.01 Å². The molecule has 5 rings (SSSR count). The van der Waals surface area contributed by atoms with Crippen LogP contribution < -0.4 is 5.32 Å². The van der Waals surface area contributed by atoms with Gasteiger partial charge >= 0.3 is 0 Å². The molecule has 0 saturated heterocycles. The maximum Gasteiger partial charge on any atom is 0.295 e. The van der Waals surface area contributed by atoms with Crippen LogP contribution in [0.3, 0.4) is 0 Å². The molecule has 0 aliphatic heterocycles. The molecule has 0 bridgehead atoms. The van der Waals surface area contributed by atoms with Crippen molar-refractivity contribution >= 4 is 28.1 Å². The zero-order valence-corrected chi connectivity index (χ0v) is 14.9. The van der Waals surface area contributed by atoms with Gasteiger partial charge in [0.1, 0.15) is 11.3 Å². The smallest absolute Gasteiger partial charge is 0.295 e. The van der Waals surface area contributed by atoms with Crippen LogP contribution in [0.2, 0.25) is 0 Å². The average Bonchev–Trinajstić information content (AvgIpc) is 3.22. The molecule has 0 radical (unpaired) electrons. The van der Waals surface area contributed by atoms with Gasteiger partial charge < -0.3 is 14.7 Å². The van der Waals surface area contributed by atoms with Gasteiger partial charge in [0.2, 0.25) is 0 Å². The first-order chi connectivity index (χ1) is 12.7. The Morgan fingerprint density at radius 1 is 0.962 bits per heavy atom. The Balaban J connectivity index is 1.46. The maximum absolute atomic E-state index is 5.90. The van der Waals surface area contributed by atoms with E-state index in [1.807, 2.05) is 13.0 Å². The summed E-state index contributed by atoms with van der Waals surface area (Å²) < 4.78 is 5.90. The second-order valence-electron chi connectivity index (χ2n) is 7.23. The van der Waals surface area contributed by atoms with Gasteiger partial charge in [-0.2, -0.15) is 4.98 Å². The van der Waals surface area contributed by atoms with Crippen molar-refractivity contribution < 1.29 is 4.42 Å². The summed E-state index contributed by atoms with van der Waals surface area (Å²) in [6.07, 6.45) is 6.32. The third-order valence-electron chi connectivity index (χ3n) is 5.26. The molecule has 0 amide bonds. The topological polar surface area (TPSA) is 66.7 Å². The zero-order valence-electron chi connectivity index (χ0n) is 14.9. The number of hydrogen-bond donors (Lipinski definition) is 2. The van der Waals surface area contributed by atoms with Crippen LogP contribution in [0, 0.1) is 6.92 Å². The fraction of sp³-hybridized carbons (Fsp3) is 0.333. The van der Waals surface area contributed by atoms with Crippen molar-refractivity contribution in [1.82, 2.24) is 15.0 Å². The predicted octanol–water partition coefficient (Wildman–Crippen LogP) is 5.42. The quantitative estimate of drug-likeness (QED) is 0.519. The lowest BCUT2D eigenvalue weighted by Gasteiger charge is -2.21. The van der Waals surface area contributed by atoms with E-state index in [4.69, 9.17) is 4.42 Å². The van der Waals surface area contributed by atoms with Gasteiger partial charge in [-0.05, 0) is 55.2 Å². The normalized spacial score (nSPS) is 15.7. The van der Waals surface area contributed by atoms with Crippen molar-refractivity contribution in [2.75, 3.05) is 5.32 Å². The SMILES string of the molecule is Cc1nc2cc(-c3ccc4oc(NC5CCCCC5)nc4c3)ccc2[nH]1. The molecular weight excluding hydrogens is 324 g/mol. The molecule has 0 atom stereocenters. The molecule has 2 heterocycles. The van der Waals surface area contributed by atoms with Crippen molar-refractivity contribution in [3.05, 3.63) is 42.2 Å². The molecule has 4 aromatic rings. The number of aromatic nitrogens is 3. The summed E-state index contributed by atoms with van der Waals surface area (Å²) in [6, 6.07) is 13.6. The number of aryl methyl sites for hydroxylation is 1. The van der Waals surface area contributed by atoms with Gasteiger partial charge in [-0.15, -0.1) is 0 Å². The van der Waals surface area contributed by atoms with Crippen LogP contribution in [0.4, 0.5) is 6.01 Å². The Bertz CT molecular complexity index is 1070. The highest BCUT2D eigenvalue weighted by molar-refractivity contribution is 5.86. The second-order valence-corrected chi connectivity index (χ2v) is 7.23. The van der Waals surface area contributed by atoms with E-state index in [0.717, 1.165) is 39.1 Å². The van der Waals surface area contributed by atoms with E-state index in [1.54, 1.807) is 0 Å². The maximum atomic E-state index is 5.90. The van der Waals surface area contributed by atoms with Crippen LogP contribution in [0.25, 0.3) is 33.3 Å². The van der Waals surface area contributed by atoms with Crippen molar-refractivity contribution in [3.63, 3.8) is 0 Å². The summed E-state index contributed by atoms with van der Waals surface area (Å²) in [7, 11) is 0. The number of rotatable bonds is 3. The molecule has 2 aromatic heterocycles. The molecule has 0 unspecified atom stereocenters. The third kappa shape index (κ3) is 2.83. The molecule has 0 spiro atoms. The molecule has 1 aliphatic rings. The highest BCUT2D eigenvalue weighted by atomic mass is 16.4. The van der Waals surface area contributed by atoms with E-state index in [2.05, 4.69) is 50.6 Å². The van der Waals surface area contributed by atoms with Crippen molar-refractivity contribution in [1.29, 1.82) is 0 Å². The minimum absolute atomic E-state index is 0.488. The molecule has 1 aliphatic carbocycles. The summed E-state index contributed by atoms with van der Waals surface area (Å²) in [5.41, 5.74) is 6.02. The number of anilines is 1. The standard InChI is InChI=1S/C21H22N4O/c1-13-22-17-9-7-14(11-18(17)23-13)15-8-10-20-19(12-15)25-21(26-20)24-16-5-3-2-4-6-16/h7-12,16H,2-6H2,1H3,(H,22,23)(H,24,25). The third-order valence-corrected chi connectivity index (χ3v) is 5.26. The van der Waals surface area contributed by atoms with E-state index < -0.39 is 0 Å². The Morgan fingerprint density at radius 3 is 2.58 bits per heavy atom. The van der Waals surface area contributed by atoms with Gasteiger partial charge in [0.05, 0.1) is 11.0 Å². The number of benzene rings is 2. The average molecular weight is 346 g/mol. The monoisotopic (exact) mass is 346 g/mol. The number of nitrogens with one attached hydrogen (secondary N) is 2. The largest absolute Gasteiger partial charge is 0.424 e. The van der Waals surface area contributed by atoms with Gasteiger partial charge in [-0.1, -0.05) is 31.4 Å². The van der Waals surface area contributed by atoms with Crippen LogP contribution in [-0.4, -0.2) is 21.0 Å². The molecule has 5 nitrogen and oxygen atoms in total. The predicted molar refractivity (Wildman–Crippen MR) is 104 cm³/mol. The lowest BCUT2D eigenvalue weighted by Crippen LogP contribution is -2.22. The molecule has 2 N–H and O–H groups in total. The molecule has 26 heavy (non-hydrogen) atoms. The number of H-pyrrole nitrogens is 1. The number of hydrogen-bond acceptors (Lipinski definition) is 4. The fourth-order valence-electron chi connectivity index (χ4n) is 3.90. The highest BCUT2D eigenvalue weighted by Gasteiger charge is 2.16. The van der Waals surface area contributed by atoms with Crippen molar-refractivity contribution in [2.24, 2.45) is 0 Å². The first-order valence-corrected chi connectivity index (χ1v) is 9.38. The number of nitrogens with zero attached hydrogens (tertiary/aromatic N) is 2. The summed E-state index contributed by atoms with van der Waals surface area (Å²) in [5, 5.41) is 3.46. The Kier molecular flexibility index (Phi) is 3.66. The fourth-order valence-corrected chi connectivity index (χ4v) is 3.90. The molecule has 2 aromatic carbocycles. The van der Waals surface area contributed by atoms with Gasteiger partial charge in [0.15, 0.2) is 5.58 Å².